The van der Waals surface area contributed by atoms with Gasteiger partial charge in [-0.05, 0) is 38.1 Å². The first-order valence-corrected chi connectivity index (χ1v) is 8.03. The minimum absolute atomic E-state index is 0.205. The van der Waals surface area contributed by atoms with E-state index < -0.39 is 0 Å². The summed E-state index contributed by atoms with van der Waals surface area (Å²) in [6.45, 7) is 3.66. The van der Waals surface area contributed by atoms with Gasteiger partial charge in [0.2, 0.25) is 0 Å². The fourth-order valence-corrected chi connectivity index (χ4v) is 2.74. The molecule has 0 bridgehead atoms. The maximum absolute atomic E-state index is 12.1. The Labute approximate surface area is 144 Å². The molecule has 0 aliphatic carbocycles. The highest BCUT2D eigenvalue weighted by molar-refractivity contribution is 6.32. The Bertz CT molecular complexity index is 923. The van der Waals surface area contributed by atoms with Crippen LogP contribution in [0.25, 0.3) is 10.9 Å². The first-order valence-electron chi connectivity index (χ1n) is 7.65. The number of fused-ring (bicyclic) bond motifs is 1. The molecule has 24 heavy (non-hydrogen) atoms. The minimum atomic E-state index is -0.350. The van der Waals surface area contributed by atoms with Crippen LogP contribution in [0.1, 0.15) is 37.3 Å². The van der Waals surface area contributed by atoms with Crippen molar-refractivity contribution in [2.24, 2.45) is 5.73 Å². The van der Waals surface area contributed by atoms with Crippen molar-refractivity contribution in [3.63, 3.8) is 0 Å². The average Bonchev–Trinajstić information content (AvgIpc) is 2.56. The molecule has 3 N–H and O–H groups in total. The van der Waals surface area contributed by atoms with Crippen LogP contribution in [0.5, 0.6) is 5.75 Å². The summed E-state index contributed by atoms with van der Waals surface area (Å²) in [6.07, 6.45) is 1.45. The van der Waals surface area contributed by atoms with E-state index in [1.807, 2.05) is 25.1 Å². The van der Waals surface area contributed by atoms with Gasteiger partial charge in [-0.1, -0.05) is 17.7 Å². The van der Waals surface area contributed by atoms with Crippen molar-refractivity contribution >= 4 is 22.5 Å². The molecule has 5 nitrogen and oxygen atoms in total. The molecule has 2 heterocycles. The van der Waals surface area contributed by atoms with Gasteiger partial charge in [-0.3, -0.25) is 9.78 Å². The lowest BCUT2D eigenvalue weighted by Gasteiger charge is -2.16. The maximum atomic E-state index is 12.1. The minimum Gasteiger partial charge on any atom is -0.483 e. The number of nitrogens with one attached hydrogen (secondary N) is 1. The molecule has 3 rings (SSSR count). The Balaban J connectivity index is 1.99. The number of nitrogens with two attached hydrogens (primary N) is 1. The normalized spacial score (nSPS) is 13.7. The van der Waals surface area contributed by atoms with Crippen molar-refractivity contribution < 1.29 is 4.74 Å². The predicted octanol–water partition coefficient (Wildman–Crippen LogP) is 3.74. The molecule has 2 atom stereocenters. The molecule has 0 saturated carbocycles. The molecule has 0 spiro atoms. The second-order valence-electron chi connectivity index (χ2n) is 5.73. The van der Waals surface area contributed by atoms with Gasteiger partial charge >= 0.3 is 0 Å². The van der Waals surface area contributed by atoms with Crippen LogP contribution in [-0.4, -0.2) is 9.97 Å². The van der Waals surface area contributed by atoms with Gasteiger partial charge in [-0.2, -0.15) is 0 Å². The number of halogens is 1. The lowest BCUT2D eigenvalue weighted by molar-refractivity contribution is 0.222. The molecule has 2 aromatic heterocycles. The largest absolute Gasteiger partial charge is 0.483 e. The molecular weight excluding hydrogens is 326 g/mol. The van der Waals surface area contributed by atoms with E-state index in [4.69, 9.17) is 22.1 Å². The molecule has 0 radical (unpaired) electrons. The number of hydrogen-bond acceptors (Lipinski definition) is 4. The molecule has 1 aromatic carbocycles. The van der Waals surface area contributed by atoms with Gasteiger partial charge in [0.05, 0.1) is 16.2 Å². The zero-order valence-corrected chi connectivity index (χ0v) is 14.2. The van der Waals surface area contributed by atoms with Crippen LogP contribution in [0.15, 0.2) is 47.4 Å². The molecule has 6 heteroatoms. The van der Waals surface area contributed by atoms with Crippen LogP contribution in [0.2, 0.25) is 5.02 Å². The Morgan fingerprint density at radius 1 is 1.25 bits per heavy atom. The van der Waals surface area contributed by atoms with E-state index in [1.165, 1.54) is 0 Å². The molecule has 0 amide bonds. The van der Waals surface area contributed by atoms with Gasteiger partial charge in [0.15, 0.2) is 0 Å². The fraction of sp³-hybridized carbons (Fsp3) is 0.222. The summed E-state index contributed by atoms with van der Waals surface area (Å²) >= 11 is 6.34. The van der Waals surface area contributed by atoms with E-state index in [-0.39, 0.29) is 17.7 Å². The van der Waals surface area contributed by atoms with Crippen molar-refractivity contribution in [3.05, 3.63) is 69.2 Å². The summed E-state index contributed by atoms with van der Waals surface area (Å²) in [5, 5.41) is 1.28. The summed E-state index contributed by atoms with van der Waals surface area (Å²) in [4.78, 5) is 19.2. The molecule has 124 valence electrons. The summed E-state index contributed by atoms with van der Waals surface area (Å²) < 4.78 is 5.92. The highest BCUT2D eigenvalue weighted by Crippen LogP contribution is 2.32. The number of aromatic amines is 1. The zero-order chi connectivity index (χ0) is 17.3. The smallest absolute Gasteiger partial charge is 0.253 e. The number of H-pyrrole nitrogens is 1. The van der Waals surface area contributed by atoms with Gasteiger partial charge < -0.3 is 15.5 Å². The summed E-state index contributed by atoms with van der Waals surface area (Å²) in [7, 11) is 0. The third-order valence-corrected chi connectivity index (χ3v) is 4.12. The Morgan fingerprint density at radius 3 is 2.71 bits per heavy atom. The average molecular weight is 344 g/mol. The van der Waals surface area contributed by atoms with Crippen LogP contribution in [0.3, 0.4) is 0 Å². The van der Waals surface area contributed by atoms with E-state index in [0.29, 0.717) is 21.9 Å². The number of rotatable bonds is 4. The van der Waals surface area contributed by atoms with Gasteiger partial charge in [0.1, 0.15) is 11.9 Å². The van der Waals surface area contributed by atoms with Crippen LogP contribution >= 0.6 is 11.6 Å². The van der Waals surface area contributed by atoms with Crippen molar-refractivity contribution in [1.82, 2.24) is 9.97 Å². The quantitative estimate of drug-likeness (QED) is 0.756. The van der Waals surface area contributed by atoms with E-state index >= 15 is 0 Å². The first kappa shape index (κ1) is 16.5. The van der Waals surface area contributed by atoms with Crippen molar-refractivity contribution in [2.75, 3.05) is 0 Å². The van der Waals surface area contributed by atoms with Crippen LogP contribution < -0.4 is 16.0 Å². The van der Waals surface area contributed by atoms with Gasteiger partial charge in [0, 0.05) is 29.3 Å². The monoisotopic (exact) mass is 343 g/mol. The summed E-state index contributed by atoms with van der Waals surface area (Å²) in [5.74, 6) is 0.492. The lowest BCUT2D eigenvalue weighted by atomic mass is 10.1. The second kappa shape index (κ2) is 6.63. The summed E-state index contributed by atoms with van der Waals surface area (Å²) in [5.41, 5.74) is 7.59. The van der Waals surface area contributed by atoms with E-state index in [2.05, 4.69) is 9.97 Å². The van der Waals surface area contributed by atoms with Gasteiger partial charge in [-0.25, -0.2) is 0 Å². The van der Waals surface area contributed by atoms with E-state index in [1.54, 1.807) is 31.3 Å². The number of nitrogens with zero attached hydrogens (tertiary/aromatic N) is 1. The molecule has 0 aliphatic rings. The molecule has 2 unspecified atom stereocenters. The third-order valence-electron chi connectivity index (χ3n) is 3.82. The molecule has 0 aliphatic heterocycles. The number of ether oxygens (including phenoxy) is 1. The Hall–Kier alpha value is -2.37. The van der Waals surface area contributed by atoms with Crippen molar-refractivity contribution in [2.45, 2.75) is 26.0 Å². The predicted molar refractivity (Wildman–Crippen MR) is 95.5 cm³/mol. The first-order chi connectivity index (χ1) is 11.5. The molecule has 0 fully saturated rings. The standard InChI is InChI=1S/C18H18ClN3O2/c1-10(20)13-7-12-8-14(19)17(9-16(12)22-18(13)23)24-11(2)15-5-3-4-6-21-15/h3-11H,20H2,1-2H3,(H,22,23). The summed E-state index contributed by atoms with van der Waals surface area (Å²) in [6, 6.07) is 10.5. The van der Waals surface area contributed by atoms with E-state index in [0.717, 1.165) is 11.1 Å². The van der Waals surface area contributed by atoms with Crippen LogP contribution in [-0.2, 0) is 0 Å². The number of hydrogen-bond donors (Lipinski definition) is 2. The number of aromatic nitrogens is 2. The van der Waals surface area contributed by atoms with Crippen LogP contribution in [0.4, 0.5) is 0 Å². The molecular formula is C18H18ClN3O2. The zero-order valence-electron chi connectivity index (χ0n) is 13.4. The fourth-order valence-electron chi connectivity index (χ4n) is 2.52. The van der Waals surface area contributed by atoms with E-state index in [9.17, 15) is 4.79 Å². The molecule has 3 aromatic rings. The SMILES string of the molecule is CC(N)c1cc2cc(Cl)c(OC(C)c3ccccn3)cc2[nH]c1=O. The maximum Gasteiger partial charge on any atom is 0.253 e. The Kier molecular flexibility index (Phi) is 4.55. The van der Waals surface area contributed by atoms with Gasteiger partial charge in [-0.15, -0.1) is 0 Å². The highest BCUT2D eigenvalue weighted by atomic mass is 35.5. The van der Waals surface area contributed by atoms with Crippen molar-refractivity contribution in [1.29, 1.82) is 0 Å². The van der Waals surface area contributed by atoms with Gasteiger partial charge in [0.25, 0.3) is 5.56 Å². The third kappa shape index (κ3) is 3.27. The Morgan fingerprint density at radius 2 is 2.04 bits per heavy atom. The number of benzene rings is 1. The molecule has 0 saturated heterocycles. The number of pyridine rings is 2. The van der Waals surface area contributed by atoms with Crippen LogP contribution in [0, 0.1) is 0 Å². The lowest BCUT2D eigenvalue weighted by Crippen LogP contribution is -2.19. The topological polar surface area (TPSA) is 81.0 Å². The highest BCUT2D eigenvalue weighted by Gasteiger charge is 2.14. The second-order valence-corrected chi connectivity index (χ2v) is 6.13. The van der Waals surface area contributed by atoms with Crippen molar-refractivity contribution in [3.8, 4) is 5.75 Å².